The van der Waals surface area contributed by atoms with E-state index in [1.54, 1.807) is 13.1 Å². The number of Topliss-reactive ketones (excluding diaryl/α,β-unsaturated/α-hetero) is 1. The van der Waals surface area contributed by atoms with Crippen molar-refractivity contribution < 1.29 is 18.0 Å². The fourth-order valence-electron chi connectivity index (χ4n) is 4.20. The molecule has 8 heteroatoms. The van der Waals surface area contributed by atoms with E-state index in [1.807, 2.05) is 24.3 Å². The lowest BCUT2D eigenvalue weighted by molar-refractivity contribution is -0.123. The summed E-state index contributed by atoms with van der Waals surface area (Å²) in [4.78, 5) is 17.3. The monoisotopic (exact) mass is 428 g/mol. The van der Waals surface area contributed by atoms with Gasteiger partial charge in [0.15, 0.2) is 0 Å². The van der Waals surface area contributed by atoms with E-state index in [2.05, 4.69) is 20.5 Å². The largest absolute Gasteiger partial charge is 0.421 e. The van der Waals surface area contributed by atoms with Crippen molar-refractivity contribution in [2.75, 3.05) is 13.3 Å². The molecule has 0 spiro atoms. The maximum absolute atomic E-state index is 12.8. The van der Waals surface area contributed by atoms with Gasteiger partial charge in [-0.05, 0) is 49.3 Å². The van der Waals surface area contributed by atoms with Gasteiger partial charge in [0, 0.05) is 48.1 Å². The number of halogens is 2. The van der Waals surface area contributed by atoms with Crippen molar-refractivity contribution in [2.45, 2.75) is 51.1 Å². The molecule has 0 amide bonds. The summed E-state index contributed by atoms with van der Waals surface area (Å²) in [5, 5.41) is 12.9. The Morgan fingerprint density at radius 2 is 1.90 bits per heavy atom. The first-order valence-electron chi connectivity index (χ1n) is 10.7. The summed E-state index contributed by atoms with van der Waals surface area (Å²) < 4.78 is 30.9. The van der Waals surface area contributed by atoms with Gasteiger partial charge in [0.25, 0.3) is 0 Å². The fraction of sp³-hybridized carbons (Fsp3) is 0.478. The number of aromatic nitrogens is 3. The molecule has 164 valence electrons. The van der Waals surface area contributed by atoms with Crippen LogP contribution in [0.2, 0.25) is 0 Å². The average Bonchev–Trinajstić information content (AvgIpc) is 3.23. The lowest BCUT2D eigenvalue weighted by Gasteiger charge is -2.30. The van der Waals surface area contributed by atoms with Crippen LogP contribution in [0.25, 0.3) is 22.2 Å². The van der Waals surface area contributed by atoms with Gasteiger partial charge >= 0.3 is 0 Å². The molecular formula is C23H26F2N4O2. The van der Waals surface area contributed by atoms with E-state index in [-0.39, 0.29) is 24.2 Å². The highest BCUT2D eigenvalue weighted by molar-refractivity contribution is 5.88. The zero-order chi connectivity index (χ0) is 21.8. The third-order valence-corrected chi connectivity index (χ3v) is 5.93. The molecule has 1 aliphatic carbocycles. The molecule has 1 N–H and O–H groups in total. The van der Waals surface area contributed by atoms with Gasteiger partial charge in [-0.3, -0.25) is 9.78 Å². The normalized spacial score (nSPS) is 19.2. The minimum absolute atomic E-state index is 0.0301. The highest BCUT2D eigenvalue weighted by Crippen LogP contribution is 2.28. The number of rotatable bonds is 8. The van der Waals surface area contributed by atoms with Gasteiger partial charge in [-0.2, -0.15) is 0 Å². The fourth-order valence-corrected chi connectivity index (χ4v) is 4.20. The van der Waals surface area contributed by atoms with Gasteiger partial charge in [-0.25, -0.2) is 8.78 Å². The average molecular weight is 428 g/mol. The molecule has 3 aromatic rings. The van der Waals surface area contributed by atoms with E-state index >= 15 is 0 Å². The Hall–Kier alpha value is -2.74. The molecule has 2 heterocycles. The van der Waals surface area contributed by atoms with Crippen molar-refractivity contribution in [3.05, 3.63) is 42.0 Å². The molecule has 2 aromatic heterocycles. The smallest absolute Gasteiger partial charge is 0.247 e. The summed E-state index contributed by atoms with van der Waals surface area (Å²) in [6.45, 7) is 0.322. The molecule has 0 atom stereocenters. The lowest BCUT2D eigenvalue weighted by Crippen LogP contribution is -2.43. The number of nitrogens with zero attached hydrogens (tertiary/aromatic N) is 3. The highest BCUT2D eigenvalue weighted by atomic mass is 19.1. The number of benzene rings is 1. The number of hydrogen-bond donors (Lipinski definition) is 1. The lowest BCUT2D eigenvalue weighted by atomic mass is 9.82. The maximum Gasteiger partial charge on any atom is 0.247 e. The summed E-state index contributed by atoms with van der Waals surface area (Å²) in [7, 11) is 0. The number of aryl methyl sites for hydroxylation is 1. The number of fused-ring (bicyclic) bond motifs is 1. The molecule has 1 aliphatic rings. The molecule has 1 saturated carbocycles. The quantitative estimate of drug-likeness (QED) is 0.580. The molecule has 0 unspecified atom stereocenters. The molecule has 6 nitrogen and oxygen atoms in total. The first kappa shape index (κ1) is 21.5. The van der Waals surface area contributed by atoms with Crippen LogP contribution in [0.1, 0.15) is 37.3 Å². The van der Waals surface area contributed by atoms with Crippen LogP contribution in [-0.4, -0.2) is 46.4 Å². The molecule has 4 rings (SSSR count). The van der Waals surface area contributed by atoms with Gasteiger partial charge in [0.1, 0.15) is 19.1 Å². The van der Waals surface area contributed by atoms with Crippen LogP contribution < -0.4 is 5.32 Å². The van der Waals surface area contributed by atoms with Gasteiger partial charge in [-0.1, -0.05) is 6.07 Å². The molecular weight excluding hydrogens is 402 g/mol. The van der Waals surface area contributed by atoms with E-state index in [9.17, 15) is 13.6 Å². The second kappa shape index (κ2) is 9.60. The topological polar surface area (TPSA) is 80.9 Å². The van der Waals surface area contributed by atoms with Crippen LogP contribution in [0.5, 0.6) is 0 Å². The third kappa shape index (κ3) is 5.12. The molecule has 0 saturated heterocycles. The van der Waals surface area contributed by atoms with Crippen molar-refractivity contribution >= 4 is 16.6 Å². The summed E-state index contributed by atoms with van der Waals surface area (Å²) in [6.07, 6.45) is 5.03. The van der Waals surface area contributed by atoms with Crippen LogP contribution >= 0.6 is 0 Å². The minimum Gasteiger partial charge on any atom is -0.421 e. The second-order valence-corrected chi connectivity index (χ2v) is 8.23. The van der Waals surface area contributed by atoms with E-state index in [4.69, 9.17) is 4.42 Å². The molecule has 0 bridgehead atoms. The van der Waals surface area contributed by atoms with E-state index < -0.39 is 19.4 Å². The number of pyridine rings is 1. The molecule has 31 heavy (non-hydrogen) atoms. The first-order chi connectivity index (χ1) is 15.1. The molecule has 1 aromatic carbocycles. The Morgan fingerprint density at radius 3 is 2.58 bits per heavy atom. The summed E-state index contributed by atoms with van der Waals surface area (Å²) in [5.41, 5.74) is 1.55. The number of carbonyl (C=O) groups excluding carboxylic acids is 1. The summed E-state index contributed by atoms with van der Waals surface area (Å²) in [6, 6.07) is 7.08. The Bertz CT molecular complexity index is 1040. The summed E-state index contributed by atoms with van der Waals surface area (Å²) >= 11 is 0. The van der Waals surface area contributed by atoms with Crippen LogP contribution in [0, 0.1) is 12.8 Å². The minimum atomic E-state index is -0.736. The van der Waals surface area contributed by atoms with Crippen molar-refractivity contribution in [1.29, 1.82) is 0 Å². The van der Waals surface area contributed by atoms with E-state index in [0.717, 1.165) is 47.7 Å². The summed E-state index contributed by atoms with van der Waals surface area (Å²) in [5.74, 6) is 1.10. The molecule has 0 radical (unpaired) electrons. The van der Waals surface area contributed by atoms with Gasteiger partial charge < -0.3 is 9.73 Å². The van der Waals surface area contributed by atoms with Crippen molar-refractivity contribution in [3.63, 3.8) is 0 Å². The van der Waals surface area contributed by atoms with E-state index in [1.165, 1.54) is 0 Å². The maximum atomic E-state index is 12.8. The second-order valence-electron chi connectivity index (χ2n) is 8.23. The highest BCUT2D eigenvalue weighted by Gasteiger charge is 2.27. The predicted molar refractivity (Wildman–Crippen MR) is 113 cm³/mol. The predicted octanol–water partition coefficient (Wildman–Crippen LogP) is 4.16. The Balaban J connectivity index is 1.39. The first-order valence-corrected chi connectivity index (χ1v) is 10.7. The number of hydrogen-bond acceptors (Lipinski definition) is 6. The Labute approximate surface area is 179 Å². The van der Waals surface area contributed by atoms with Gasteiger partial charge in [0.05, 0.1) is 6.04 Å². The van der Waals surface area contributed by atoms with Crippen molar-refractivity contribution in [3.8, 4) is 11.5 Å². The van der Waals surface area contributed by atoms with Crippen LogP contribution in [0.15, 0.2) is 34.9 Å². The van der Waals surface area contributed by atoms with Crippen LogP contribution in [-0.2, 0) is 11.2 Å². The zero-order valence-electron chi connectivity index (χ0n) is 17.5. The van der Waals surface area contributed by atoms with Crippen molar-refractivity contribution in [1.82, 2.24) is 20.5 Å². The SMILES string of the molecule is Cc1nnc(-c2ccc3cnc(CC(=O)C4CCC(NC(CF)CF)CC4)cc3c2)o1. The van der Waals surface area contributed by atoms with Crippen LogP contribution in [0.3, 0.4) is 0 Å². The number of nitrogens with one attached hydrogen (secondary N) is 1. The standard InChI is InChI=1S/C23H26F2N4O2/c1-14-28-29-23(31-14)16-2-3-17-13-26-20(9-18(17)8-16)10-22(30)15-4-6-19(7-5-15)27-21(11-24)12-25/h2-3,8-9,13,15,19,21,27H,4-7,10-12H2,1H3. The molecule has 0 aliphatic heterocycles. The van der Waals surface area contributed by atoms with Gasteiger partial charge in [0.2, 0.25) is 11.8 Å². The van der Waals surface area contributed by atoms with E-state index in [0.29, 0.717) is 11.8 Å². The van der Waals surface area contributed by atoms with Crippen LogP contribution in [0.4, 0.5) is 8.78 Å². The zero-order valence-corrected chi connectivity index (χ0v) is 17.5. The van der Waals surface area contributed by atoms with Gasteiger partial charge in [-0.15, -0.1) is 10.2 Å². The number of carbonyl (C=O) groups is 1. The molecule has 1 fully saturated rings. The number of alkyl halides is 2. The third-order valence-electron chi connectivity index (χ3n) is 5.93. The number of ketones is 1. The van der Waals surface area contributed by atoms with Crippen molar-refractivity contribution in [2.24, 2.45) is 5.92 Å². The Kier molecular flexibility index (Phi) is 6.65. The Morgan fingerprint density at radius 1 is 1.13 bits per heavy atom.